The van der Waals surface area contributed by atoms with Crippen molar-refractivity contribution in [3.05, 3.63) is 29.6 Å². The SMILES string of the molecule is CS(=O)(=O)NCCC1CCCCN1C(=O)c1ccnc(CN)c1. The van der Waals surface area contributed by atoms with Crippen molar-refractivity contribution >= 4 is 15.9 Å². The van der Waals surface area contributed by atoms with Crippen molar-refractivity contribution in [1.82, 2.24) is 14.6 Å². The number of carbonyl (C=O) groups excluding carboxylic acids is 1. The van der Waals surface area contributed by atoms with Gasteiger partial charge in [0.25, 0.3) is 5.91 Å². The molecule has 1 fully saturated rings. The average molecular weight is 340 g/mol. The molecule has 2 heterocycles. The number of sulfonamides is 1. The highest BCUT2D eigenvalue weighted by molar-refractivity contribution is 7.88. The second-order valence-corrected chi connectivity index (χ2v) is 7.68. The van der Waals surface area contributed by atoms with Crippen molar-refractivity contribution in [2.75, 3.05) is 19.3 Å². The van der Waals surface area contributed by atoms with E-state index in [1.165, 1.54) is 0 Å². The molecule has 1 atom stereocenters. The van der Waals surface area contributed by atoms with Crippen LogP contribution in [-0.4, -0.2) is 49.6 Å². The molecule has 0 aromatic carbocycles. The van der Waals surface area contributed by atoms with Gasteiger partial charge in [-0.1, -0.05) is 0 Å². The zero-order chi connectivity index (χ0) is 16.9. The van der Waals surface area contributed by atoms with E-state index in [0.29, 0.717) is 37.3 Å². The van der Waals surface area contributed by atoms with Gasteiger partial charge in [-0.2, -0.15) is 0 Å². The monoisotopic (exact) mass is 340 g/mol. The molecule has 128 valence electrons. The number of hydrogen-bond donors (Lipinski definition) is 2. The van der Waals surface area contributed by atoms with Crippen molar-refractivity contribution in [3.8, 4) is 0 Å². The molecule has 1 aromatic rings. The summed E-state index contributed by atoms with van der Waals surface area (Å²) in [6.45, 7) is 1.34. The first kappa shape index (κ1) is 17.8. The van der Waals surface area contributed by atoms with Gasteiger partial charge in [0, 0.05) is 37.4 Å². The fraction of sp³-hybridized carbons (Fsp3) is 0.600. The Labute approximate surface area is 137 Å². The lowest BCUT2D eigenvalue weighted by atomic mass is 9.98. The van der Waals surface area contributed by atoms with Crippen LogP contribution >= 0.6 is 0 Å². The average Bonchev–Trinajstić information content (AvgIpc) is 2.53. The van der Waals surface area contributed by atoms with Gasteiger partial charge < -0.3 is 10.6 Å². The van der Waals surface area contributed by atoms with Crippen molar-refractivity contribution in [3.63, 3.8) is 0 Å². The molecule has 7 nitrogen and oxygen atoms in total. The van der Waals surface area contributed by atoms with Crippen LogP contribution in [0.4, 0.5) is 0 Å². The summed E-state index contributed by atoms with van der Waals surface area (Å²) >= 11 is 0. The van der Waals surface area contributed by atoms with Crippen LogP contribution in [0, 0.1) is 0 Å². The fourth-order valence-electron chi connectivity index (χ4n) is 2.87. The maximum absolute atomic E-state index is 12.8. The zero-order valence-corrected chi connectivity index (χ0v) is 14.2. The minimum Gasteiger partial charge on any atom is -0.336 e. The predicted molar refractivity (Wildman–Crippen MR) is 88.3 cm³/mol. The summed E-state index contributed by atoms with van der Waals surface area (Å²) in [4.78, 5) is 18.7. The molecule has 8 heteroatoms. The third kappa shape index (κ3) is 5.26. The van der Waals surface area contributed by atoms with Crippen molar-refractivity contribution in [2.24, 2.45) is 5.73 Å². The Morgan fingerprint density at radius 1 is 1.48 bits per heavy atom. The van der Waals surface area contributed by atoms with E-state index in [9.17, 15) is 13.2 Å². The molecule has 0 aliphatic carbocycles. The minimum absolute atomic E-state index is 0.0360. The van der Waals surface area contributed by atoms with Gasteiger partial charge in [-0.15, -0.1) is 0 Å². The van der Waals surface area contributed by atoms with Crippen molar-refractivity contribution < 1.29 is 13.2 Å². The zero-order valence-electron chi connectivity index (χ0n) is 13.4. The van der Waals surface area contributed by atoms with E-state index < -0.39 is 10.0 Å². The van der Waals surface area contributed by atoms with Crippen molar-refractivity contribution in [1.29, 1.82) is 0 Å². The van der Waals surface area contributed by atoms with Crippen LogP contribution < -0.4 is 10.5 Å². The molecule has 0 saturated carbocycles. The number of nitrogens with two attached hydrogens (primary N) is 1. The van der Waals surface area contributed by atoms with Crippen LogP contribution in [-0.2, 0) is 16.6 Å². The second kappa shape index (κ2) is 7.85. The first-order valence-corrected chi connectivity index (χ1v) is 9.70. The lowest BCUT2D eigenvalue weighted by molar-refractivity contribution is 0.0603. The summed E-state index contributed by atoms with van der Waals surface area (Å²) < 4.78 is 24.8. The summed E-state index contributed by atoms with van der Waals surface area (Å²) in [6, 6.07) is 3.48. The van der Waals surface area contributed by atoms with Crippen LogP contribution in [0.3, 0.4) is 0 Å². The first-order valence-electron chi connectivity index (χ1n) is 7.81. The molecule has 0 bridgehead atoms. The smallest absolute Gasteiger partial charge is 0.254 e. The van der Waals surface area contributed by atoms with Crippen molar-refractivity contribution in [2.45, 2.75) is 38.3 Å². The summed E-state index contributed by atoms with van der Waals surface area (Å²) in [5, 5.41) is 0. The third-order valence-electron chi connectivity index (χ3n) is 4.00. The Morgan fingerprint density at radius 3 is 2.96 bits per heavy atom. The van der Waals surface area contributed by atoms with Crippen LogP contribution in [0.15, 0.2) is 18.3 Å². The number of carbonyl (C=O) groups is 1. The van der Waals surface area contributed by atoms with E-state index in [-0.39, 0.29) is 11.9 Å². The molecule has 0 radical (unpaired) electrons. The van der Waals surface area contributed by atoms with E-state index in [2.05, 4.69) is 9.71 Å². The number of likely N-dealkylation sites (tertiary alicyclic amines) is 1. The molecular weight excluding hydrogens is 316 g/mol. The van der Waals surface area contributed by atoms with Gasteiger partial charge in [0.1, 0.15) is 0 Å². The van der Waals surface area contributed by atoms with E-state index in [4.69, 9.17) is 5.73 Å². The van der Waals surface area contributed by atoms with Gasteiger partial charge in [-0.3, -0.25) is 9.78 Å². The Hall–Kier alpha value is -1.51. The number of amides is 1. The van der Waals surface area contributed by atoms with Gasteiger partial charge in [0.15, 0.2) is 0 Å². The number of aromatic nitrogens is 1. The number of nitrogens with one attached hydrogen (secondary N) is 1. The molecule has 1 saturated heterocycles. The molecule has 1 aliphatic rings. The highest BCUT2D eigenvalue weighted by atomic mass is 32.2. The normalized spacial score (nSPS) is 18.9. The highest BCUT2D eigenvalue weighted by Gasteiger charge is 2.27. The Balaban J connectivity index is 2.06. The van der Waals surface area contributed by atoms with Crippen LogP contribution in [0.1, 0.15) is 41.7 Å². The molecule has 0 spiro atoms. The maximum Gasteiger partial charge on any atom is 0.254 e. The predicted octanol–water partition coefficient (Wildman–Crippen LogP) is 0.474. The summed E-state index contributed by atoms with van der Waals surface area (Å²) in [5.41, 5.74) is 6.85. The summed E-state index contributed by atoms with van der Waals surface area (Å²) in [7, 11) is -3.20. The fourth-order valence-corrected chi connectivity index (χ4v) is 3.36. The third-order valence-corrected chi connectivity index (χ3v) is 4.73. The molecule has 2 rings (SSSR count). The molecule has 1 aromatic heterocycles. The standard InChI is InChI=1S/C15H24N4O3S/c1-23(21,22)18-8-6-14-4-2-3-9-19(14)15(20)12-5-7-17-13(10-12)11-16/h5,7,10,14,18H,2-4,6,8-9,11,16H2,1H3. The lowest BCUT2D eigenvalue weighted by Gasteiger charge is -2.36. The number of hydrogen-bond acceptors (Lipinski definition) is 5. The van der Waals surface area contributed by atoms with Crippen LogP contribution in [0.25, 0.3) is 0 Å². The van der Waals surface area contributed by atoms with Crippen LogP contribution in [0.5, 0.6) is 0 Å². The van der Waals surface area contributed by atoms with Gasteiger partial charge in [-0.25, -0.2) is 13.1 Å². The van der Waals surface area contributed by atoms with E-state index >= 15 is 0 Å². The maximum atomic E-state index is 12.8. The molecule has 1 aliphatic heterocycles. The number of rotatable bonds is 6. The van der Waals surface area contributed by atoms with Gasteiger partial charge in [-0.05, 0) is 37.8 Å². The van der Waals surface area contributed by atoms with Gasteiger partial charge in [0.05, 0.1) is 11.9 Å². The number of nitrogens with zero attached hydrogens (tertiary/aromatic N) is 2. The Morgan fingerprint density at radius 2 is 2.26 bits per heavy atom. The summed E-state index contributed by atoms with van der Waals surface area (Å²) in [5.74, 6) is -0.0360. The first-order chi connectivity index (χ1) is 10.9. The molecule has 23 heavy (non-hydrogen) atoms. The number of piperidine rings is 1. The highest BCUT2D eigenvalue weighted by Crippen LogP contribution is 2.22. The van der Waals surface area contributed by atoms with Gasteiger partial charge in [0.2, 0.25) is 10.0 Å². The number of pyridine rings is 1. The quantitative estimate of drug-likeness (QED) is 0.783. The molecule has 1 unspecified atom stereocenters. The van der Waals surface area contributed by atoms with Gasteiger partial charge >= 0.3 is 0 Å². The topological polar surface area (TPSA) is 105 Å². The Bertz CT molecular complexity index is 648. The van der Waals surface area contributed by atoms with Crippen LogP contribution in [0.2, 0.25) is 0 Å². The molecule has 1 amide bonds. The Kier molecular flexibility index (Phi) is 6.09. The lowest BCUT2D eigenvalue weighted by Crippen LogP contribution is -2.45. The molecular formula is C15H24N4O3S. The second-order valence-electron chi connectivity index (χ2n) is 5.84. The van der Waals surface area contributed by atoms with E-state index in [1.54, 1.807) is 18.3 Å². The largest absolute Gasteiger partial charge is 0.336 e. The van der Waals surface area contributed by atoms with E-state index in [0.717, 1.165) is 25.5 Å². The summed E-state index contributed by atoms with van der Waals surface area (Å²) in [6.07, 6.45) is 6.27. The van der Waals surface area contributed by atoms with E-state index in [1.807, 2.05) is 4.90 Å². The molecule has 3 N–H and O–H groups in total. The minimum atomic E-state index is -3.20.